The quantitative estimate of drug-likeness (QED) is 0.270. The van der Waals surface area contributed by atoms with E-state index in [1.165, 1.54) is 6.08 Å². The topological polar surface area (TPSA) is 138 Å². The first-order valence-electron chi connectivity index (χ1n) is 12.5. The fourth-order valence-electron chi connectivity index (χ4n) is 6.24. The highest BCUT2D eigenvalue weighted by Crippen LogP contribution is 2.56. The van der Waals surface area contributed by atoms with E-state index in [1.54, 1.807) is 18.2 Å². The number of ketones is 2. The summed E-state index contributed by atoms with van der Waals surface area (Å²) in [5, 5.41) is 18.3. The molecule has 4 aliphatic rings. The van der Waals surface area contributed by atoms with E-state index in [0.29, 0.717) is 28.9 Å². The van der Waals surface area contributed by atoms with Crippen LogP contribution in [0, 0.1) is 17.8 Å². The number of amides is 2. The van der Waals surface area contributed by atoms with Gasteiger partial charge in [-0.1, -0.05) is 29.8 Å². The van der Waals surface area contributed by atoms with Gasteiger partial charge in [-0.25, -0.2) is 0 Å². The van der Waals surface area contributed by atoms with Crippen molar-refractivity contribution in [1.82, 2.24) is 4.90 Å². The van der Waals surface area contributed by atoms with Crippen LogP contribution >= 0.6 is 15.9 Å². The minimum absolute atomic E-state index is 0.0277. The highest BCUT2D eigenvalue weighted by molar-refractivity contribution is 9.12. The van der Waals surface area contributed by atoms with Crippen LogP contribution in [0.4, 0.5) is 0 Å². The highest BCUT2D eigenvalue weighted by atomic mass is 79.9. The van der Waals surface area contributed by atoms with E-state index in [1.807, 2.05) is 12.1 Å². The number of benzene rings is 1. The van der Waals surface area contributed by atoms with Gasteiger partial charge in [0, 0.05) is 41.7 Å². The van der Waals surface area contributed by atoms with Crippen molar-refractivity contribution >= 4 is 45.3 Å². The SMILES string of the molecule is O=C(O)CCCN1C(=O)[C@H]2[C@H](CC=C3[C@H](c4ccccc4OCCO)C4=C(C[C@H]32)C(=O)C(Br)=CC4=O)C1=O. The molecule has 1 heterocycles. The van der Waals surface area contributed by atoms with Gasteiger partial charge in [0.25, 0.3) is 0 Å². The normalized spacial score (nSPS) is 26.5. The van der Waals surface area contributed by atoms with E-state index >= 15 is 0 Å². The van der Waals surface area contributed by atoms with Crippen molar-refractivity contribution in [2.45, 2.75) is 31.6 Å². The van der Waals surface area contributed by atoms with Crippen LogP contribution < -0.4 is 4.74 Å². The summed E-state index contributed by atoms with van der Waals surface area (Å²) in [6.07, 6.45) is 3.64. The molecule has 2 N–H and O–H groups in total. The number of carbonyl (C=O) groups excluding carboxylic acids is 4. The zero-order valence-corrected chi connectivity index (χ0v) is 22.0. The molecule has 0 aromatic heterocycles. The van der Waals surface area contributed by atoms with Gasteiger partial charge in [-0.05, 0) is 47.2 Å². The largest absolute Gasteiger partial charge is 0.491 e. The first-order chi connectivity index (χ1) is 18.2. The van der Waals surface area contributed by atoms with Crippen LogP contribution in [0.25, 0.3) is 0 Å². The molecular weight excluding hydrogens is 558 g/mol. The van der Waals surface area contributed by atoms with E-state index in [4.69, 9.17) is 9.84 Å². The summed E-state index contributed by atoms with van der Waals surface area (Å²) in [5.41, 5.74) is 2.10. The van der Waals surface area contributed by atoms with Crippen molar-refractivity contribution in [2.24, 2.45) is 17.8 Å². The molecule has 0 radical (unpaired) electrons. The monoisotopic (exact) mass is 583 g/mol. The second kappa shape index (κ2) is 10.4. The van der Waals surface area contributed by atoms with Crippen molar-refractivity contribution in [3.8, 4) is 5.75 Å². The zero-order valence-electron chi connectivity index (χ0n) is 20.4. The Morgan fingerprint density at radius 2 is 1.87 bits per heavy atom. The molecule has 1 saturated heterocycles. The van der Waals surface area contributed by atoms with Crippen molar-refractivity contribution in [3.63, 3.8) is 0 Å². The van der Waals surface area contributed by atoms with Gasteiger partial charge >= 0.3 is 5.97 Å². The summed E-state index contributed by atoms with van der Waals surface area (Å²) in [6, 6.07) is 7.11. The number of rotatable bonds is 8. The van der Waals surface area contributed by atoms with Crippen molar-refractivity contribution in [1.29, 1.82) is 0 Å². The molecule has 10 heteroatoms. The van der Waals surface area contributed by atoms with Crippen LogP contribution in [0.5, 0.6) is 5.75 Å². The maximum absolute atomic E-state index is 13.6. The molecule has 3 aliphatic carbocycles. The van der Waals surface area contributed by atoms with E-state index in [-0.39, 0.29) is 66.9 Å². The molecule has 1 aliphatic heterocycles. The Morgan fingerprint density at radius 1 is 1.11 bits per heavy atom. The molecule has 1 fully saturated rings. The maximum atomic E-state index is 13.6. The third kappa shape index (κ3) is 4.35. The smallest absolute Gasteiger partial charge is 0.303 e. The molecule has 1 aromatic rings. The predicted molar refractivity (Wildman–Crippen MR) is 137 cm³/mol. The summed E-state index contributed by atoms with van der Waals surface area (Å²) in [6.45, 7) is -0.136. The number of carbonyl (C=O) groups is 5. The fraction of sp³-hybridized carbons (Fsp3) is 0.393. The molecule has 5 rings (SSSR count). The highest BCUT2D eigenvalue weighted by Gasteiger charge is 2.56. The van der Waals surface area contributed by atoms with E-state index in [9.17, 15) is 29.1 Å². The molecular formula is C28H26BrNO8. The van der Waals surface area contributed by atoms with Crippen LogP contribution in [0.1, 0.15) is 37.2 Å². The number of halogens is 1. The van der Waals surface area contributed by atoms with E-state index in [2.05, 4.69) is 15.9 Å². The standard InChI is InChI=1S/C28H26BrNO8/c29-19-13-20(32)25-18(26(19)35)12-17-14(23(25)15-4-1-2-5-21(15)38-11-10-31)7-8-16-24(17)28(37)30(27(16)36)9-3-6-22(33)34/h1-2,4-5,7,13,16-17,23-24,31H,3,6,8-12H2,(H,33,34)/t16-,17+,23+,24-/m0/s1. The number of nitrogens with zero attached hydrogens (tertiary/aromatic N) is 1. The Hall–Kier alpha value is -3.37. The molecule has 38 heavy (non-hydrogen) atoms. The number of carboxylic acid groups (broad SMARTS) is 1. The van der Waals surface area contributed by atoms with Crippen LogP contribution in [-0.4, -0.2) is 64.2 Å². The predicted octanol–water partition coefficient (Wildman–Crippen LogP) is 2.68. The van der Waals surface area contributed by atoms with Gasteiger partial charge < -0.3 is 14.9 Å². The fourth-order valence-corrected chi connectivity index (χ4v) is 6.69. The van der Waals surface area contributed by atoms with Crippen molar-refractivity contribution < 1.29 is 38.9 Å². The van der Waals surface area contributed by atoms with Crippen LogP contribution in [0.2, 0.25) is 0 Å². The molecule has 4 atom stereocenters. The Kier molecular flexibility index (Phi) is 7.19. The summed E-state index contributed by atoms with van der Waals surface area (Å²) in [5.74, 6) is -4.31. The van der Waals surface area contributed by atoms with Gasteiger partial charge in [0.05, 0.1) is 22.9 Å². The molecule has 0 bridgehead atoms. The van der Waals surface area contributed by atoms with Gasteiger partial charge in [0.2, 0.25) is 11.8 Å². The van der Waals surface area contributed by atoms with E-state index < -0.39 is 29.6 Å². The number of ether oxygens (including phenoxy) is 1. The Balaban J connectivity index is 1.59. The lowest BCUT2D eigenvalue weighted by atomic mass is 9.59. The van der Waals surface area contributed by atoms with Crippen LogP contribution in [0.15, 0.2) is 57.6 Å². The first-order valence-corrected chi connectivity index (χ1v) is 13.3. The number of aliphatic carboxylic acids is 1. The molecule has 1 aromatic carbocycles. The lowest BCUT2D eigenvalue weighted by Crippen LogP contribution is -2.39. The molecule has 198 valence electrons. The van der Waals surface area contributed by atoms with Gasteiger partial charge in [-0.2, -0.15) is 0 Å². The number of para-hydroxylation sites is 1. The molecule has 9 nitrogen and oxygen atoms in total. The number of allylic oxidation sites excluding steroid dienone is 6. The minimum atomic E-state index is -0.999. The molecule has 0 saturated carbocycles. The number of hydrogen-bond donors (Lipinski definition) is 2. The average Bonchev–Trinajstić information content (AvgIpc) is 3.14. The minimum Gasteiger partial charge on any atom is -0.491 e. The summed E-state index contributed by atoms with van der Waals surface area (Å²) < 4.78 is 5.94. The van der Waals surface area contributed by atoms with Gasteiger partial charge in [0.15, 0.2) is 11.6 Å². The Morgan fingerprint density at radius 3 is 2.61 bits per heavy atom. The Bertz CT molecular complexity index is 1340. The number of fused-ring (bicyclic) bond motifs is 3. The van der Waals surface area contributed by atoms with Crippen molar-refractivity contribution in [2.75, 3.05) is 19.8 Å². The zero-order chi connectivity index (χ0) is 27.1. The number of imide groups is 1. The van der Waals surface area contributed by atoms with Gasteiger partial charge in [0.1, 0.15) is 12.4 Å². The number of Topliss-reactive ketones (excluding diaryl/α,β-unsaturated/α-hetero) is 1. The first kappa shape index (κ1) is 26.2. The van der Waals surface area contributed by atoms with Crippen LogP contribution in [-0.2, 0) is 24.0 Å². The van der Waals surface area contributed by atoms with Gasteiger partial charge in [-0.15, -0.1) is 0 Å². The summed E-state index contributed by atoms with van der Waals surface area (Å²) >= 11 is 3.21. The molecule has 0 spiro atoms. The molecule has 2 amide bonds. The number of likely N-dealkylation sites (tertiary alicyclic amines) is 1. The summed E-state index contributed by atoms with van der Waals surface area (Å²) in [4.78, 5) is 65.6. The second-order valence-electron chi connectivity index (χ2n) is 9.83. The van der Waals surface area contributed by atoms with E-state index in [0.717, 1.165) is 10.5 Å². The number of carboxylic acids is 1. The Labute approximate surface area is 227 Å². The number of aliphatic hydroxyl groups is 1. The van der Waals surface area contributed by atoms with Crippen molar-refractivity contribution in [3.05, 3.63) is 63.2 Å². The third-order valence-electron chi connectivity index (χ3n) is 7.77. The third-order valence-corrected chi connectivity index (χ3v) is 8.36. The van der Waals surface area contributed by atoms with Gasteiger partial charge in [-0.3, -0.25) is 28.9 Å². The lowest BCUT2D eigenvalue weighted by Gasteiger charge is -2.42. The average molecular weight is 584 g/mol. The maximum Gasteiger partial charge on any atom is 0.303 e. The van der Waals surface area contributed by atoms with Crippen LogP contribution in [0.3, 0.4) is 0 Å². The summed E-state index contributed by atoms with van der Waals surface area (Å²) in [7, 11) is 0. The number of aliphatic hydroxyl groups excluding tert-OH is 1. The lowest BCUT2D eigenvalue weighted by molar-refractivity contribution is -0.142. The second-order valence-corrected chi connectivity index (χ2v) is 10.7. The number of hydrogen-bond acceptors (Lipinski definition) is 7. The molecule has 0 unspecified atom stereocenters.